The minimum atomic E-state index is 0.199. The summed E-state index contributed by atoms with van der Waals surface area (Å²) in [6, 6.07) is 22.7. The van der Waals surface area contributed by atoms with Gasteiger partial charge in [0.1, 0.15) is 5.69 Å². The molecule has 7 rings (SSSR count). The molecule has 6 aromatic rings. The Morgan fingerprint density at radius 2 is 1.68 bits per heavy atom. The number of anilines is 5. The van der Waals surface area contributed by atoms with Crippen LogP contribution in [0.15, 0.2) is 79.1 Å². The predicted molar refractivity (Wildman–Crippen MR) is 178 cm³/mol. The highest BCUT2D eigenvalue weighted by Crippen LogP contribution is 2.32. The summed E-state index contributed by atoms with van der Waals surface area (Å²) in [6.07, 6.45) is 5.10. The number of pyridine rings is 3. The van der Waals surface area contributed by atoms with Crippen molar-refractivity contribution in [3.63, 3.8) is 0 Å². The van der Waals surface area contributed by atoms with Gasteiger partial charge in [-0.25, -0.2) is 4.98 Å². The molecular weight excluding hydrogens is 548 g/mol. The largest absolute Gasteiger partial charge is 0.372 e. The van der Waals surface area contributed by atoms with Crippen LogP contribution in [0.25, 0.3) is 33.5 Å². The van der Waals surface area contributed by atoms with Crippen LogP contribution < -0.4 is 15.5 Å². The zero-order valence-corrected chi connectivity index (χ0v) is 25.4. The summed E-state index contributed by atoms with van der Waals surface area (Å²) < 4.78 is 6.10. The molecule has 2 atom stereocenters. The highest BCUT2D eigenvalue weighted by molar-refractivity contribution is 5.95. The summed E-state index contributed by atoms with van der Waals surface area (Å²) in [7, 11) is 0. The van der Waals surface area contributed by atoms with Crippen LogP contribution in [-0.2, 0) is 4.74 Å². The highest BCUT2D eigenvalue weighted by Gasteiger charge is 2.24. The number of nitrogens with zero attached hydrogens (tertiary/aromatic N) is 5. The van der Waals surface area contributed by atoms with Gasteiger partial charge in [-0.05, 0) is 93.9 Å². The van der Waals surface area contributed by atoms with Crippen molar-refractivity contribution in [2.75, 3.05) is 28.6 Å². The topological polar surface area (TPSA) is 104 Å². The molecule has 1 saturated heterocycles. The molecule has 3 N–H and O–H groups in total. The molecule has 44 heavy (non-hydrogen) atoms. The lowest BCUT2D eigenvalue weighted by Gasteiger charge is -2.38. The van der Waals surface area contributed by atoms with Crippen molar-refractivity contribution < 1.29 is 4.74 Å². The fourth-order valence-electron chi connectivity index (χ4n) is 5.89. The van der Waals surface area contributed by atoms with Gasteiger partial charge in [0.2, 0.25) is 0 Å². The van der Waals surface area contributed by atoms with Gasteiger partial charge in [-0.3, -0.25) is 15.0 Å². The van der Waals surface area contributed by atoms with Crippen LogP contribution >= 0.6 is 0 Å². The number of hydrogen-bond donors (Lipinski definition) is 3. The van der Waals surface area contributed by atoms with Crippen LogP contribution in [0.2, 0.25) is 0 Å². The number of nitrogens with one attached hydrogen (secondary N) is 3. The van der Waals surface area contributed by atoms with Crippen molar-refractivity contribution in [1.29, 1.82) is 0 Å². The molecule has 0 aliphatic carbocycles. The number of aryl methyl sites for hydroxylation is 2. The maximum atomic E-state index is 6.10. The lowest BCUT2D eigenvalue weighted by atomic mass is 10.1. The van der Waals surface area contributed by atoms with Crippen LogP contribution in [0.3, 0.4) is 0 Å². The van der Waals surface area contributed by atoms with Gasteiger partial charge < -0.3 is 25.3 Å². The van der Waals surface area contributed by atoms with Crippen molar-refractivity contribution in [2.45, 2.75) is 46.3 Å². The highest BCUT2D eigenvalue weighted by atomic mass is 16.5. The standard InChI is InChI=1S/C35H36N8O/c1-5-28-20-43(19-23(4)44-28)27-8-11-30-29(17-27)33(15-22(3)38-30)40-26-7-10-32(37-18-26)35-41-31-9-6-24(16-34(31)42-35)39-25-12-13-36-21(2)14-25/h6-18,23,28H,5,19-20H2,1-4H3,(H,36,39)(H,38,40)(H,41,42). The van der Waals surface area contributed by atoms with Crippen LogP contribution in [0.5, 0.6) is 0 Å². The molecule has 2 aromatic carbocycles. The average molecular weight is 585 g/mol. The number of fused-ring (bicyclic) bond motifs is 2. The number of ether oxygens (including phenoxy) is 1. The third-order valence-electron chi connectivity index (χ3n) is 8.02. The van der Waals surface area contributed by atoms with E-state index in [0.29, 0.717) is 0 Å². The molecule has 0 bridgehead atoms. The van der Waals surface area contributed by atoms with Crippen LogP contribution in [-0.4, -0.2) is 50.2 Å². The van der Waals surface area contributed by atoms with E-state index in [9.17, 15) is 0 Å². The van der Waals surface area contributed by atoms with E-state index in [0.717, 1.165) is 87.1 Å². The first-order chi connectivity index (χ1) is 21.4. The average Bonchev–Trinajstić information content (AvgIpc) is 3.44. The van der Waals surface area contributed by atoms with Gasteiger partial charge in [0, 0.05) is 58.8 Å². The summed E-state index contributed by atoms with van der Waals surface area (Å²) in [6.45, 7) is 10.1. The van der Waals surface area contributed by atoms with E-state index < -0.39 is 0 Å². The van der Waals surface area contributed by atoms with E-state index in [4.69, 9.17) is 19.7 Å². The Hall–Kier alpha value is -5.02. The number of hydrogen-bond acceptors (Lipinski definition) is 8. The maximum Gasteiger partial charge on any atom is 0.157 e. The maximum absolute atomic E-state index is 6.10. The summed E-state index contributed by atoms with van der Waals surface area (Å²) in [4.78, 5) is 24.4. The van der Waals surface area contributed by atoms with E-state index in [2.05, 4.69) is 69.7 Å². The van der Waals surface area contributed by atoms with Crippen molar-refractivity contribution in [3.05, 3.63) is 90.5 Å². The molecule has 0 amide bonds. The van der Waals surface area contributed by atoms with Crippen molar-refractivity contribution in [3.8, 4) is 11.5 Å². The van der Waals surface area contributed by atoms with E-state index in [-0.39, 0.29) is 12.2 Å². The summed E-state index contributed by atoms with van der Waals surface area (Å²) in [5.41, 5.74) is 10.5. The van der Waals surface area contributed by atoms with Crippen LogP contribution in [0.4, 0.5) is 28.4 Å². The number of aromatic nitrogens is 5. The fraction of sp³-hybridized carbons (Fsp3) is 0.257. The second kappa shape index (κ2) is 11.6. The fourth-order valence-corrected chi connectivity index (χ4v) is 5.89. The molecule has 1 aliphatic heterocycles. The van der Waals surface area contributed by atoms with Gasteiger partial charge in [0.05, 0.1) is 40.6 Å². The lowest BCUT2D eigenvalue weighted by molar-refractivity contribution is -0.0172. The third kappa shape index (κ3) is 5.78. The summed E-state index contributed by atoms with van der Waals surface area (Å²) >= 11 is 0. The number of H-pyrrole nitrogens is 1. The van der Waals surface area contributed by atoms with Gasteiger partial charge in [-0.1, -0.05) is 6.92 Å². The van der Waals surface area contributed by atoms with Crippen molar-refractivity contribution in [2.24, 2.45) is 0 Å². The molecule has 9 nitrogen and oxygen atoms in total. The first kappa shape index (κ1) is 27.8. The third-order valence-corrected chi connectivity index (χ3v) is 8.02. The minimum Gasteiger partial charge on any atom is -0.372 e. The molecule has 1 aliphatic rings. The van der Waals surface area contributed by atoms with Gasteiger partial charge in [-0.2, -0.15) is 0 Å². The SMILES string of the molecule is CCC1CN(c2ccc3nc(C)cc(Nc4ccc(-c5nc6ccc(Nc7ccnc(C)c7)cc6[nH]5)nc4)c3c2)CC(C)O1. The molecular formula is C35H36N8O. The van der Waals surface area contributed by atoms with Gasteiger partial charge >= 0.3 is 0 Å². The number of morpholine rings is 1. The van der Waals surface area contributed by atoms with Crippen molar-refractivity contribution in [1.82, 2.24) is 24.9 Å². The molecule has 0 saturated carbocycles. The first-order valence-corrected chi connectivity index (χ1v) is 15.1. The summed E-state index contributed by atoms with van der Waals surface area (Å²) in [5, 5.41) is 8.11. The van der Waals surface area contributed by atoms with E-state index in [1.165, 1.54) is 5.69 Å². The Kier molecular flexibility index (Phi) is 7.31. The molecule has 0 radical (unpaired) electrons. The van der Waals surface area contributed by atoms with Crippen LogP contribution in [0.1, 0.15) is 31.7 Å². The molecule has 2 unspecified atom stereocenters. The Balaban J connectivity index is 1.12. The zero-order valence-electron chi connectivity index (χ0n) is 25.4. The monoisotopic (exact) mass is 584 g/mol. The molecule has 1 fully saturated rings. The number of imidazole rings is 1. The van der Waals surface area contributed by atoms with E-state index >= 15 is 0 Å². The molecule has 4 aromatic heterocycles. The molecule has 222 valence electrons. The first-order valence-electron chi connectivity index (χ1n) is 15.1. The summed E-state index contributed by atoms with van der Waals surface area (Å²) in [5.74, 6) is 0.725. The minimum absolute atomic E-state index is 0.199. The second-order valence-corrected chi connectivity index (χ2v) is 11.6. The number of rotatable bonds is 7. The molecule has 9 heteroatoms. The molecule has 5 heterocycles. The number of aromatic amines is 1. The Labute approximate surface area is 256 Å². The molecule has 0 spiro atoms. The Bertz CT molecular complexity index is 1950. The zero-order chi connectivity index (χ0) is 30.2. The number of benzene rings is 2. The quantitative estimate of drug-likeness (QED) is 0.176. The van der Waals surface area contributed by atoms with Gasteiger partial charge in [0.25, 0.3) is 0 Å². The smallest absolute Gasteiger partial charge is 0.157 e. The second-order valence-electron chi connectivity index (χ2n) is 11.6. The Morgan fingerprint density at radius 3 is 2.50 bits per heavy atom. The van der Waals surface area contributed by atoms with Gasteiger partial charge in [0.15, 0.2) is 5.82 Å². The van der Waals surface area contributed by atoms with Gasteiger partial charge in [-0.15, -0.1) is 0 Å². The van der Waals surface area contributed by atoms with E-state index in [1.54, 1.807) is 6.20 Å². The van der Waals surface area contributed by atoms with Crippen LogP contribution in [0, 0.1) is 13.8 Å². The van der Waals surface area contributed by atoms with E-state index in [1.807, 2.05) is 56.4 Å². The normalized spacial score (nSPS) is 16.9. The Morgan fingerprint density at radius 1 is 0.841 bits per heavy atom. The lowest BCUT2D eigenvalue weighted by Crippen LogP contribution is -2.46. The van der Waals surface area contributed by atoms with Crippen molar-refractivity contribution >= 4 is 50.4 Å². The predicted octanol–water partition coefficient (Wildman–Crippen LogP) is 7.68.